The third-order valence-electron chi connectivity index (χ3n) is 3.99. The van der Waals surface area contributed by atoms with Crippen LogP contribution in [-0.2, 0) is 6.54 Å². The molecule has 0 aromatic carbocycles. The predicted molar refractivity (Wildman–Crippen MR) is 81.4 cm³/mol. The molecule has 0 saturated heterocycles. The van der Waals surface area contributed by atoms with Gasteiger partial charge in [0, 0.05) is 30.3 Å². The van der Waals surface area contributed by atoms with E-state index in [4.69, 9.17) is 0 Å². The van der Waals surface area contributed by atoms with Crippen LogP contribution in [0.2, 0.25) is 0 Å². The summed E-state index contributed by atoms with van der Waals surface area (Å²) in [6.45, 7) is 3.03. The Morgan fingerprint density at radius 2 is 2.11 bits per heavy atom. The second-order valence-corrected chi connectivity index (χ2v) is 6.36. The molecule has 1 heterocycles. The van der Waals surface area contributed by atoms with Crippen LogP contribution in [0.5, 0.6) is 0 Å². The van der Waals surface area contributed by atoms with E-state index in [1.54, 1.807) is 0 Å². The number of nitrogens with zero attached hydrogens (tertiary/aromatic N) is 2. The molecule has 0 unspecified atom stereocenters. The Balaban J connectivity index is 2.13. The van der Waals surface area contributed by atoms with Crippen molar-refractivity contribution in [3.05, 3.63) is 22.4 Å². The molecule has 0 N–H and O–H groups in total. The number of carbonyl (C=O) groups excluding carboxylic acids is 1. The Morgan fingerprint density at radius 3 is 2.74 bits per heavy atom. The van der Waals surface area contributed by atoms with E-state index >= 15 is 0 Å². The zero-order valence-corrected chi connectivity index (χ0v) is 13.4. The van der Waals surface area contributed by atoms with Gasteiger partial charge in [-0.2, -0.15) is 0 Å². The van der Waals surface area contributed by atoms with Crippen molar-refractivity contribution < 1.29 is 4.79 Å². The van der Waals surface area contributed by atoms with E-state index in [0.717, 1.165) is 36.0 Å². The maximum Gasteiger partial charge on any atom is 0.270 e. The Hall–Kier alpha value is -0.770. The molecule has 4 heteroatoms. The summed E-state index contributed by atoms with van der Waals surface area (Å²) >= 11 is 3.47. The molecule has 2 rings (SSSR count). The molecule has 0 spiro atoms. The van der Waals surface area contributed by atoms with Gasteiger partial charge in [0.25, 0.3) is 5.91 Å². The predicted octanol–water partition coefficient (Wildman–Crippen LogP) is 4.07. The monoisotopic (exact) mass is 326 g/mol. The molecular weight excluding hydrogens is 304 g/mol. The lowest BCUT2D eigenvalue weighted by Crippen LogP contribution is -2.39. The smallest absolute Gasteiger partial charge is 0.270 e. The summed E-state index contributed by atoms with van der Waals surface area (Å²) < 4.78 is 3.05. The van der Waals surface area contributed by atoms with Crippen LogP contribution in [0.25, 0.3) is 0 Å². The van der Waals surface area contributed by atoms with E-state index < -0.39 is 0 Å². The molecule has 1 aromatic heterocycles. The van der Waals surface area contributed by atoms with Crippen molar-refractivity contribution in [2.24, 2.45) is 0 Å². The quantitative estimate of drug-likeness (QED) is 0.818. The van der Waals surface area contributed by atoms with Crippen molar-refractivity contribution >= 4 is 21.8 Å². The molecule has 3 nitrogen and oxygen atoms in total. The third kappa shape index (κ3) is 3.41. The molecule has 0 radical (unpaired) electrons. The first-order valence-electron chi connectivity index (χ1n) is 7.26. The van der Waals surface area contributed by atoms with Crippen LogP contribution < -0.4 is 0 Å². The lowest BCUT2D eigenvalue weighted by atomic mass is 9.94. The largest absolute Gasteiger partial charge is 0.342 e. The van der Waals surface area contributed by atoms with Gasteiger partial charge >= 0.3 is 0 Å². The minimum atomic E-state index is 0.158. The average Bonchev–Trinajstić information content (AvgIpc) is 2.79. The van der Waals surface area contributed by atoms with E-state index in [-0.39, 0.29) is 5.91 Å². The van der Waals surface area contributed by atoms with Crippen LogP contribution >= 0.6 is 15.9 Å². The Labute approximate surface area is 124 Å². The fourth-order valence-electron chi connectivity index (χ4n) is 2.89. The number of halogens is 1. The number of amides is 1. The average molecular weight is 327 g/mol. The van der Waals surface area contributed by atoms with Crippen molar-refractivity contribution in [2.75, 3.05) is 7.05 Å². The zero-order chi connectivity index (χ0) is 13.8. The van der Waals surface area contributed by atoms with Crippen LogP contribution in [0.1, 0.15) is 55.9 Å². The van der Waals surface area contributed by atoms with Crippen LogP contribution in [0.3, 0.4) is 0 Å². The SMILES string of the molecule is CCCn1cc(Br)cc1C(=O)N(C)C1CCCCC1. The normalized spacial score (nSPS) is 16.6. The summed E-state index contributed by atoms with van der Waals surface area (Å²) in [5.74, 6) is 0.158. The standard InChI is InChI=1S/C15H23BrN2O/c1-3-9-18-11-12(16)10-14(18)15(19)17(2)13-7-5-4-6-8-13/h10-11,13H,3-9H2,1-2H3. The van der Waals surface area contributed by atoms with Crippen LogP contribution in [0, 0.1) is 0 Å². The highest BCUT2D eigenvalue weighted by Gasteiger charge is 2.24. The first-order valence-corrected chi connectivity index (χ1v) is 8.05. The summed E-state index contributed by atoms with van der Waals surface area (Å²) in [6.07, 6.45) is 9.16. The molecule has 1 aliphatic rings. The fraction of sp³-hybridized carbons (Fsp3) is 0.667. The lowest BCUT2D eigenvalue weighted by Gasteiger charge is -2.31. The van der Waals surface area contributed by atoms with Gasteiger partial charge in [0.05, 0.1) is 0 Å². The minimum Gasteiger partial charge on any atom is -0.342 e. The summed E-state index contributed by atoms with van der Waals surface area (Å²) in [7, 11) is 1.95. The van der Waals surface area contributed by atoms with E-state index in [1.807, 2.05) is 24.2 Å². The first-order chi connectivity index (χ1) is 9.13. The van der Waals surface area contributed by atoms with E-state index in [9.17, 15) is 4.79 Å². The van der Waals surface area contributed by atoms with Gasteiger partial charge in [0.15, 0.2) is 0 Å². The van der Waals surface area contributed by atoms with Crippen molar-refractivity contribution in [3.8, 4) is 0 Å². The molecule has 0 atom stereocenters. The highest BCUT2D eigenvalue weighted by molar-refractivity contribution is 9.10. The summed E-state index contributed by atoms with van der Waals surface area (Å²) in [4.78, 5) is 14.6. The van der Waals surface area contributed by atoms with Gasteiger partial charge in [-0.25, -0.2) is 0 Å². The number of hydrogen-bond acceptors (Lipinski definition) is 1. The van der Waals surface area contributed by atoms with Crippen molar-refractivity contribution in [1.82, 2.24) is 9.47 Å². The Bertz CT molecular complexity index is 435. The molecule has 1 aliphatic carbocycles. The molecule has 106 valence electrons. The van der Waals surface area contributed by atoms with Gasteiger partial charge in [-0.05, 0) is 41.3 Å². The molecular formula is C15H23BrN2O. The van der Waals surface area contributed by atoms with Crippen molar-refractivity contribution in [3.63, 3.8) is 0 Å². The number of carbonyl (C=O) groups is 1. The maximum absolute atomic E-state index is 12.6. The summed E-state index contributed by atoms with van der Waals surface area (Å²) in [6, 6.07) is 2.36. The third-order valence-corrected chi connectivity index (χ3v) is 4.42. The molecule has 1 aromatic rings. The van der Waals surface area contributed by atoms with Crippen LogP contribution in [-0.4, -0.2) is 28.5 Å². The molecule has 1 saturated carbocycles. The van der Waals surface area contributed by atoms with Gasteiger partial charge in [-0.3, -0.25) is 4.79 Å². The van der Waals surface area contributed by atoms with Crippen molar-refractivity contribution in [1.29, 1.82) is 0 Å². The topological polar surface area (TPSA) is 25.2 Å². The number of hydrogen-bond donors (Lipinski definition) is 0. The second-order valence-electron chi connectivity index (χ2n) is 5.44. The number of aromatic nitrogens is 1. The van der Waals surface area contributed by atoms with Gasteiger partial charge < -0.3 is 9.47 Å². The Morgan fingerprint density at radius 1 is 1.42 bits per heavy atom. The van der Waals surface area contributed by atoms with Crippen LogP contribution in [0.15, 0.2) is 16.7 Å². The summed E-state index contributed by atoms with van der Waals surface area (Å²) in [5.41, 5.74) is 0.807. The molecule has 0 aliphatic heterocycles. The number of aryl methyl sites for hydroxylation is 1. The molecule has 0 bridgehead atoms. The van der Waals surface area contributed by atoms with E-state index in [2.05, 4.69) is 27.4 Å². The Kier molecular flexibility index (Phi) is 5.08. The highest BCUT2D eigenvalue weighted by atomic mass is 79.9. The van der Waals surface area contributed by atoms with Gasteiger partial charge in [0.2, 0.25) is 0 Å². The van der Waals surface area contributed by atoms with Gasteiger partial charge in [0.1, 0.15) is 5.69 Å². The first kappa shape index (κ1) is 14.6. The highest BCUT2D eigenvalue weighted by Crippen LogP contribution is 2.24. The van der Waals surface area contributed by atoms with E-state index in [1.165, 1.54) is 19.3 Å². The molecule has 1 fully saturated rings. The maximum atomic E-state index is 12.6. The van der Waals surface area contributed by atoms with Crippen molar-refractivity contribution in [2.45, 2.75) is 58.0 Å². The van der Waals surface area contributed by atoms with Crippen LogP contribution in [0.4, 0.5) is 0 Å². The zero-order valence-electron chi connectivity index (χ0n) is 11.9. The fourth-order valence-corrected chi connectivity index (χ4v) is 3.36. The minimum absolute atomic E-state index is 0.158. The van der Waals surface area contributed by atoms with Gasteiger partial charge in [-0.1, -0.05) is 26.2 Å². The number of rotatable bonds is 4. The molecule has 1 amide bonds. The van der Waals surface area contributed by atoms with Gasteiger partial charge in [-0.15, -0.1) is 0 Å². The second kappa shape index (κ2) is 6.60. The van der Waals surface area contributed by atoms with E-state index in [0.29, 0.717) is 6.04 Å². The lowest BCUT2D eigenvalue weighted by molar-refractivity contribution is 0.0685. The molecule has 19 heavy (non-hydrogen) atoms. The summed E-state index contributed by atoms with van der Waals surface area (Å²) in [5, 5.41) is 0.